The fourth-order valence-electron chi connectivity index (χ4n) is 0.265. The highest BCUT2D eigenvalue weighted by atomic mass is 127. The summed E-state index contributed by atoms with van der Waals surface area (Å²) in [6.07, 6.45) is -1.01. The van der Waals surface area contributed by atoms with Gasteiger partial charge >= 0.3 is 10.1 Å². The molecular weight excluding hydrogens is 583 g/mol. The van der Waals surface area contributed by atoms with Crippen LogP contribution in [0.5, 0.6) is 0 Å². The number of alkyl halides is 6. The Kier molecular flexibility index (Phi) is 7.26. The lowest BCUT2D eigenvalue weighted by molar-refractivity contribution is 0.0569. The maximum absolute atomic E-state index is 10.8. The molecule has 9 heteroatoms. The van der Waals surface area contributed by atoms with Crippen molar-refractivity contribution in [2.45, 2.75) is 3.41 Å². The van der Waals surface area contributed by atoms with Crippen molar-refractivity contribution >= 4 is 109 Å². The number of rotatable bonds is 2. The molecule has 0 saturated carbocycles. The highest BCUT2D eigenvalue weighted by molar-refractivity contribution is 14.3. The topological polar surface area (TPSA) is 35.5 Å². The summed E-state index contributed by atoms with van der Waals surface area (Å²) in [5.74, 6) is 0. The average Bonchev–Trinajstić information content (AvgIpc) is 1.78. The van der Waals surface area contributed by atoms with Crippen LogP contribution < -0.4 is 0 Å². The monoisotopic (exact) mass is 584 g/mol. The minimum absolute atomic E-state index is 0.161. The summed E-state index contributed by atoms with van der Waals surface area (Å²) < 4.78 is 6.60. The van der Waals surface area contributed by atoms with Gasteiger partial charge in [0.1, 0.15) is 6.61 Å². The molecular formula is C4H2Cl3I3O3. The number of hydrogen-bond donors (Lipinski definition) is 0. The minimum Gasteiger partial charge on any atom is -0.431 e. The molecule has 0 N–H and O–H groups in total. The zero-order valence-electron chi connectivity index (χ0n) is 5.70. The third kappa shape index (κ3) is 12.3. The van der Waals surface area contributed by atoms with Crippen LogP contribution in [0, 0.1) is 0 Å². The molecule has 0 aromatic heterocycles. The highest BCUT2D eigenvalue weighted by Gasteiger charge is 2.28. The van der Waals surface area contributed by atoms with E-state index in [-0.39, 0.29) is 6.04 Å². The molecule has 78 valence electrons. The molecule has 0 rings (SSSR count). The molecule has 3 nitrogen and oxygen atoms in total. The Bertz CT molecular complexity index is 187. The van der Waals surface area contributed by atoms with Gasteiger partial charge in [0.05, 0.1) is 0 Å². The van der Waals surface area contributed by atoms with Gasteiger partial charge in [0.15, 0.2) is -0.565 Å². The molecule has 13 heavy (non-hydrogen) atoms. The van der Waals surface area contributed by atoms with E-state index in [0.717, 1.165) is 0 Å². The van der Waals surface area contributed by atoms with Crippen LogP contribution in [-0.4, -0.2) is 16.2 Å². The van der Waals surface area contributed by atoms with Crippen LogP contribution in [-0.2, 0) is 9.47 Å². The first-order valence-electron chi connectivity index (χ1n) is 2.59. The maximum atomic E-state index is 10.8. The van der Waals surface area contributed by atoms with Gasteiger partial charge in [0.25, 0.3) is 0 Å². The highest BCUT2D eigenvalue weighted by Crippen LogP contribution is 2.36. The van der Waals surface area contributed by atoms with E-state index in [2.05, 4.69) is 77.2 Å². The second kappa shape index (κ2) is 6.16. The third-order valence-electron chi connectivity index (χ3n) is 0.553. The van der Waals surface area contributed by atoms with Crippen molar-refractivity contribution in [2.75, 3.05) is 6.61 Å². The predicted octanol–water partition coefficient (Wildman–Crippen LogP) is 4.43. The molecule has 0 unspecified atom stereocenters. The van der Waals surface area contributed by atoms with E-state index in [0.29, 0.717) is 0 Å². The molecule has 0 radical (unpaired) electrons. The summed E-state index contributed by atoms with van der Waals surface area (Å²) in [6.45, 7) is 0.161. The van der Waals surface area contributed by atoms with Crippen molar-refractivity contribution in [3.63, 3.8) is 0 Å². The summed E-state index contributed by atoms with van der Waals surface area (Å²) in [5, 5.41) is 0. The van der Waals surface area contributed by atoms with Crippen molar-refractivity contribution in [3.05, 3.63) is 0 Å². The molecule has 0 aliphatic carbocycles. The first kappa shape index (κ1) is 15.3. The van der Waals surface area contributed by atoms with Gasteiger partial charge in [-0.3, -0.25) is 0 Å². The van der Waals surface area contributed by atoms with Gasteiger partial charge in [0.2, 0.25) is 0 Å². The smallest absolute Gasteiger partial charge is 0.431 e. The van der Waals surface area contributed by atoms with Crippen LogP contribution in [0.15, 0.2) is 0 Å². The molecule has 0 fully saturated rings. The van der Waals surface area contributed by atoms with E-state index in [1.54, 1.807) is 0 Å². The molecule has 0 aromatic rings. The Morgan fingerprint density at radius 2 is 1.69 bits per heavy atom. The summed E-state index contributed by atoms with van der Waals surface area (Å²) in [4.78, 5) is 10.8. The third-order valence-corrected chi connectivity index (χ3v) is 1.72. The molecule has 0 bridgehead atoms. The SMILES string of the molecule is O=C(OCC(I)(I)I)OC(Cl)(Cl)Cl. The Balaban J connectivity index is 3.78. The minimum atomic E-state index is -2.07. The number of carbonyl (C=O) groups is 1. The molecule has 0 saturated heterocycles. The lowest BCUT2D eigenvalue weighted by atomic mass is 10.9. The number of ether oxygens (including phenoxy) is 2. The van der Waals surface area contributed by atoms with Crippen molar-refractivity contribution < 1.29 is 14.3 Å². The van der Waals surface area contributed by atoms with E-state index in [9.17, 15) is 4.79 Å². The van der Waals surface area contributed by atoms with Gasteiger partial charge in [-0.2, -0.15) is 0 Å². The summed E-state index contributed by atoms with van der Waals surface area (Å²) in [7, 11) is 0. The van der Waals surface area contributed by atoms with Crippen LogP contribution in [0.4, 0.5) is 4.79 Å². The lowest BCUT2D eigenvalue weighted by Crippen LogP contribution is -2.21. The van der Waals surface area contributed by atoms with Crippen molar-refractivity contribution in [1.82, 2.24) is 0 Å². The maximum Gasteiger partial charge on any atom is 0.511 e. The van der Waals surface area contributed by atoms with E-state index in [4.69, 9.17) is 34.8 Å². The van der Waals surface area contributed by atoms with E-state index in [1.165, 1.54) is 0 Å². The molecule has 0 spiro atoms. The number of halogens is 6. The standard InChI is InChI=1S/C4H2Cl3I3O3/c5-4(6,7)13-2(11)12-1-3(8,9)10/h1H2. The predicted molar refractivity (Wildman–Crippen MR) is 77.5 cm³/mol. The fourth-order valence-corrected chi connectivity index (χ4v) is 0.921. The molecule has 0 aliphatic heterocycles. The zero-order valence-corrected chi connectivity index (χ0v) is 14.4. The molecule has 0 atom stereocenters. The molecule has 0 heterocycles. The second-order valence-electron chi connectivity index (χ2n) is 1.70. The normalized spacial score (nSPS) is 12.5. The van der Waals surface area contributed by atoms with Gasteiger partial charge in [-0.05, 0) is 34.8 Å². The van der Waals surface area contributed by atoms with E-state index in [1.807, 2.05) is 0 Å². The fraction of sp³-hybridized carbons (Fsp3) is 0.750. The van der Waals surface area contributed by atoms with Gasteiger partial charge in [-0.1, -0.05) is 67.8 Å². The van der Waals surface area contributed by atoms with Crippen molar-refractivity contribution in [2.24, 2.45) is 0 Å². The van der Waals surface area contributed by atoms with Crippen LogP contribution in [0.25, 0.3) is 0 Å². The van der Waals surface area contributed by atoms with E-state index >= 15 is 0 Å². The zero-order chi connectivity index (χ0) is 10.7. The lowest BCUT2D eigenvalue weighted by Gasteiger charge is -2.15. The van der Waals surface area contributed by atoms with Crippen molar-refractivity contribution in [3.8, 4) is 0 Å². The summed E-state index contributed by atoms with van der Waals surface area (Å²) in [5.41, 5.74) is 0. The molecule has 0 amide bonds. The van der Waals surface area contributed by atoms with Crippen LogP contribution in [0.2, 0.25) is 0 Å². The number of carbonyl (C=O) groups excluding carboxylic acids is 1. The Hall–Kier alpha value is 2.33. The Labute approximate surface area is 131 Å². The van der Waals surface area contributed by atoms with Gasteiger partial charge in [0, 0.05) is 0 Å². The first-order valence-corrected chi connectivity index (χ1v) is 6.96. The largest absolute Gasteiger partial charge is 0.511 e. The van der Waals surface area contributed by atoms with Gasteiger partial charge in [-0.25, -0.2) is 4.79 Å². The van der Waals surface area contributed by atoms with Gasteiger partial charge < -0.3 is 9.47 Å². The Morgan fingerprint density at radius 3 is 2.00 bits per heavy atom. The van der Waals surface area contributed by atoms with E-state index < -0.39 is 10.1 Å². The number of hydrogen-bond acceptors (Lipinski definition) is 3. The van der Waals surface area contributed by atoms with Crippen LogP contribution in [0.3, 0.4) is 0 Å². The quantitative estimate of drug-likeness (QED) is 0.274. The second-order valence-corrected chi connectivity index (χ2v) is 15.6. The van der Waals surface area contributed by atoms with Crippen LogP contribution >= 0.6 is 103 Å². The summed E-state index contributed by atoms with van der Waals surface area (Å²) >= 11 is 21.8. The average molecular weight is 585 g/mol. The molecule has 0 aromatic carbocycles. The Morgan fingerprint density at radius 1 is 1.23 bits per heavy atom. The van der Waals surface area contributed by atoms with Crippen LogP contribution in [0.1, 0.15) is 0 Å². The molecule has 0 aliphatic rings. The van der Waals surface area contributed by atoms with Gasteiger partial charge in [-0.15, -0.1) is 0 Å². The first-order chi connectivity index (χ1) is 5.60. The summed E-state index contributed by atoms with van der Waals surface area (Å²) in [6, 6.07) is 0. The van der Waals surface area contributed by atoms with Crippen molar-refractivity contribution in [1.29, 1.82) is 0 Å².